The number of carbonyl (C=O) groups excluding carboxylic acids is 1. The Hall–Kier alpha value is -0.970. The third-order valence-electron chi connectivity index (χ3n) is 3.51. The molecule has 1 aromatic rings. The van der Waals surface area contributed by atoms with Crippen LogP contribution < -0.4 is 15.5 Å². The number of anilines is 2. The Balaban J connectivity index is 0.00000180. The number of fused-ring (bicyclic) bond motifs is 1. The molecule has 0 saturated heterocycles. The number of hydrogen-bond donors (Lipinski definition) is 1. The Morgan fingerprint density at radius 1 is 1.20 bits per heavy atom. The van der Waals surface area contributed by atoms with Crippen molar-refractivity contribution < 1.29 is 4.79 Å². The highest BCUT2D eigenvalue weighted by Gasteiger charge is 2.28. The van der Waals surface area contributed by atoms with Gasteiger partial charge in [0.05, 0.1) is 17.4 Å². The van der Waals surface area contributed by atoms with Gasteiger partial charge in [0.1, 0.15) is 0 Å². The van der Waals surface area contributed by atoms with Gasteiger partial charge in [0.25, 0.3) is 0 Å². The van der Waals surface area contributed by atoms with Gasteiger partial charge in [-0.3, -0.25) is 4.79 Å². The SMILES string of the molecule is CC[C@H](N)C(=O)N1CCN(CC)c2ccccc21.Cl.Cl. The Morgan fingerprint density at radius 2 is 1.80 bits per heavy atom. The summed E-state index contributed by atoms with van der Waals surface area (Å²) < 4.78 is 0. The van der Waals surface area contributed by atoms with Gasteiger partial charge in [-0.25, -0.2) is 0 Å². The van der Waals surface area contributed by atoms with E-state index in [1.54, 1.807) is 0 Å². The summed E-state index contributed by atoms with van der Waals surface area (Å²) in [6.07, 6.45) is 0.676. The molecule has 0 spiro atoms. The van der Waals surface area contributed by atoms with Gasteiger partial charge in [-0.15, -0.1) is 24.8 Å². The Morgan fingerprint density at radius 3 is 2.35 bits per heavy atom. The molecule has 0 unspecified atom stereocenters. The number of nitrogens with zero attached hydrogens (tertiary/aromatic N) is 2. The first-order chi connectivity index (χ1) is 8.69. The van der Waals surface area contributed by atoms with E-state index in [2.05, 4.69) is 17.9 Å². The van der Waals surface area contributed by atoms with Gasteiger partial charge < -0.3 is 15.5 Å². The maximum absolute atomic E-state index is 12.3. The average molecular weight is 320 g/mol. The van der Waals surface area contributed by atoms with E-state index in [0.29, 0.717) is 6.42 Å². The van der Waals surface area contributed by atoms with Gasteiger partial charge in [0.15, 0.2) is 0 Å². The minimum absolute atomic E-state index is 0. The molecule has 6 heteroatoms. The number of likely N-dealkylation sites (N-methyl/N-ethyl adjacent to an activating group) is 1. The molecule has 0 fully saturated rings. The lowest BCUT2D eigenvalue weighted by Crippen LogP contribution is -2.49. The largest absolute Gasteiger partial charge is 0.368 e. The molecule has 0 aliphatic carbocycles. The maximum Gasteiger partial charge on any atom is 0.244 e. The minimum Gasteiger partial charge on any atom is -0.368 e. The first kappa shape index (κ1) is 19.0. The second-order valence-electron chi connectivity index (χ2n) is 4.57. The Bertz CT molecular complexity index is 442. The van der Waals surface area contributed by atoms with Gasteiger partial charge >= 0.3 is 0 Å². The summed E-state index contributed by atoms with van der Waals surface area (Å²) in [5.41, 5.74) is 7.98. The lowest BCUT2D eigenvalue weighted by atomic mass is 10.1. The van der Waals surface area contributed by atoms with Gasteiger partial charge in [-0.2, -0.15) is 0 Å². The van der Waals surface area contributed by atoms with Gasteiger partial charge in [-0.1, -0.05) is 19.1 Å². The first-order valence-electron chi connectivity index (χ1n) is 6.60. The van der Waals surface area contributed by atoms with Crippen LogP contribution in [0.15, 0.2) is 24.3 Å². The molecule has 4 nitrogen and oxygen atoms in total. The monoisotopic (exact) mass is 319 g/mol. The van der Waals surface area contributed by atoms with E-state index in [1.807, 2.05) is 30.0 Å². The van der Waals surface area contributed by atoms with Crippen LogP contribution in [-0.2, 0) is 4.79 Å². The number of halogens is 2. The Labute approximate surface area is 133 Å². The van der Waals surface area contributed by atoms with E-state index in [-0.39, 0.29) is 30.7 Å². The van der Waals surface area contributed by atoms with Crippen LogP contribution in [0.5, 0.6) is 0 Å². The van der Waals surface area contributed by atoms with E-state index < -0.39 is 6.04 Å². The molecular weight excluding hydrogens is 297 g/mol. The first-order valence-corrected chi connectivity index (χ1v) is 6.60. The highest BCUT2D eigenvalue weighted by Crippen LogP contribution is 2.32. The summed E-state index contributed by atoms with van der Waals surface area (Å²) >= 11 is 0. The predicted molar refractivity (Wildman–Crippen MR) is 89.4 cm³/mol. The number of para-hydroxylation sites is 2. The van der Waals surface area contributed by atoms with E-state index in [4.69, 9.17) is 5.73 Å². The topological polar surface area (TPSA) is 49.6 Å². The van der Waals surface area contributed by atoms with Crippen LogP contribution in [0.25, 0.3) is 0 Å². The Kier molecular flexibility index (Phi) is 7.94. The fourth-order valence-electron chi connectivity index (χ4n) is 2.35. The van der Waals surface area contributed by atoms with Crippen molar-refractivity contribution in [2.45, 2.75) is 26.3 Å². The molecule has 114 valence electrons. The van der Waals surface area contributed by atoms with E-state index in [0.717, 1.165) is 31.0 Å². The van der Waals surface area contributed by atoms with Crippen molar-refractivity contribution in [3.8, 4) is 0 Å². The van der Waals surface area contributed by atoms with Crippen LogP contribution in [0.1, 0.15) is 20.3 Å². The van der Waals surface area contributed by atoms with E-state index in [1.165, 1.54) is 0 Å². The normalized spacial score (nSPS) is 14.8. The highest BCUT2D eigenvalue weighted by atomic mass is 35.5. The predicted octanol–water partition coefficient (Wildman–Crippen LogP) is 2.44. The van der Waals surface area contributed by atoms with Crippen molar-refractivity contribution >= 4 is 42.1 Å². The van der Waals surface area contributed by atoms with Crippen LogP contribution in [0.2, 0.25) is 0 Å². The number of amides is 1. The average Bonchev–Trinajstić information content (AvgIpc) is 2.44. The van der Waals surface area contributed by atoms with Crippen LogP contribution in [0, 0.1) is 0 Å². The van der Waals surface area contributed by atoms with Crippen molar-refractivity contribution in [1.82, 2.24) is 0 Å². The molecule has 1 aromatic carbocycles. The summed E-state index contributed by atoms with van der Waals surface area (Å²) in [7, 11) is 0. The third kappa shape index (κ3) is 3.57. The fourth-order valence-corrected chi connectivity index (χ4v) is 2.35. The number of hydrogen-bond acceptors (Lipinski definition) is 3. The zero-order valence-corrected chi connectivity index (χ0v) is 13.5. The van der Waals surface area contributed by atoms with Crippen LogP contribution in [-0.4, -0.2) is 31.6 Å². The smallest absolute Gasteiger partial charge is 0.244 e. The quantitative estimate of drug-likeness (QED) is 0.931. The molecule has 1 aliphatic heterocycles. The zero-order chi connectivity index (χ0) is 13.1. The molecule has 0 bridgehead atoms. The number of rotatable bonds is 3. The molecule has 1 amide bonds. The molecule has 0 radical (unpaired) electrons. The summed E-state index contributed by atoms with van der Waals surface area (Å²) in [6, 6.07) is 7.64. The molecule has 1 aliphatic rings. The molecule has 0 saturated carbocycles. The van der Waals surface area contributed by atoms with Crippen LogP contribution in [0.4, 0.5) is 11.4 Å². The second kappa shape index (κ2) is 8.35. The van der Waals surface area contributed by atoms with Crippen molar-refractivity contribution in [2.75, 3.05) is 29.4 Å². The summed E-state index contributed by atoms with van der Waals surface area (Å²) in [5, 5.41) is 0. The fraction of sp³-hybridized carbons (Fsp3) is 0.500. The molecular formula is C14H23Cl2N3O. The van der Waals surface area contributed by atoms with Crippen molar-refractivity contribution in [3.63, 3.8) is 0 Å². The zero-order valence-electron chi connectivity index (χ0n) is 11.9. The van der Waals surface area contributed by atoms with Gasteiger partial charge in [0.2, 0.25) is 5.91 Å². The molecule has 2 N–H and O–H groups in total. The van der Waals surface area contributed by atoms with Crippen molar-refractivity contribution in [2.24, 2.45) is 5.73 Å². The molecule has 1 atom stereocenters. The number of benzene rings is 1. The molecule has 20 heavy (non-hydrogen) atoms. The van der Waals surface area contributed by atoms with Crippen molar-refractivity contribution in [1.29, 1.82) is 0 Å². The van der Waals surface area contributed by atoms with Crippen LogP contribution >= 0.6 is 24.8 Å². The number of carbonyl (C=O) groups is 1. The lowest BCUT2D eigenvalue weighted by molar-refractivity contribution is -0.119. The summed E-state index contributed by atoms with van der Waals surface area (Å²) in [5.74, 6) is 0.0284. The number of nitrogens with two attached hydrogens (primary N) is 1. The maximum atomic E-state index is 12.3. The minimum atomic E-state index is -0.397. The standard InChI is InChI=1S/C14H21N3O.2ClH/c1-3-11(15)14(18)17-10-9-16(4-2)12-7-5-6-8-13(12)17;;/h5-8,11H,3-4,9-10,15H2,1-2H3;2*1H/t11-;;/m0../s1. The highest BCUT2D eigenvalue weighted by molar-refractivity contribution is 6.00. The summed E-state index contributed by atoms with van der Waals surface area (Å²) in [4.78, 5) is 16.4. The second-order valence-corrected chi connectivity index (χ2v) is 4.57. The molecule has 1 heterocycles. The van der Waals surface area contributed by atoms with Crippen molar-refractivity contribution in [3.05, 3.63) is 24.3 Å². The van der Waals surface area contributed by atoms with E-state index >= 15 is 0 Å². The molecule has 2 rings (SSSR count). The lowest BCUT2D eigenvalue weighted by Gasteiger charge is -2.38. The molecule has 0 aromatic heterocycles. The van der Waals surface area contributed by atoms with E-state index in [9.17, 15) is 4.79 Å². The van der Waals surface area contributed by atoms with Crippen LogP contribution in [0.3, 0.4) is 0 Å². The summed E-state index contributed by atoms with van der Waals surface area (Å²) in [6.45, 7) is 6.62. The third-order valence-corrected chi connectivity index (χ3v) is 3.51. The van der Waals surface area contributed by atoms with Gasteiger partial charge in [0, 0.05) is 19.6 Å². The van der Waals surface area contributed by atoms with Gasteiger partial charge in [-0.05, 0) is 25.5 Å².